The molecule has 1 nitrogen and oxygen atoms in total. The first-order valence-corrected chi connectivity index (χ1v) is 31.6. The fourth-order valence-electron chi connectivity index (χ4n) is 17.0. The molecule has 15 aromatic rings. The van der Waals surface area contributed by atoms with Crippen LogP contribution in [0, 0.1) is 0 Å². The van der Waals surface area contributed by atoms with Gasteiger partial charge in [0.05, 0.1) is 21.9 Å². The Kier molecular flexibility index (Phi) is 10.9. The molecule has 4 aliphatic rings. The predicted octanol–water partition coefficient (Wildman–Crippen LogP) is 22.6. The summed E-state index contributed by atoms with van der Waals surface area (Å²) in [7, 11) is 0. The van der Waals surface area contributed by atoms with Crippen LogP contribution in [0.25, 0.3) is 127 Å². The number of rotatable bonds is 5. The normalized spacial score (nSPS) is 15.0. The Morgan fingerprint density at radius 3 is 1.22 bits per heavy atom. The summed E-state index contributed by atoms with van der Waals surface area (Å²) in [5.41, 5.74) is 31.4. The second-order valence-corrected chi connectivity index (χ2v) is 24.9. The van der Waals surface area contributed by atoms with Gasteiger partial charge in [0.25, 0.3) is 0 Å². The molecule has 0 saturated heterocycles. The summed E-state index contributed by atoms with van der Waals surface area (Å²) >= 11 is 0. The van der Waals surface area contributed by atoms with Crippen molar-refractivity contribution in [2.45, 2.75) is 17.3 Å². The summed E-state index contributed by atoms with van der Waals surface area (Å²) in [4.78, 5) is 0. The lowest BCUT2D eigenvalue weighted by Gasteiger charge is -2.36. The minimum Gasteiger partial charge on any atom is -0.309 e. The Morgan fingerprint density at radius 1 is 0.278 bits per heavy atom. The van der Waals surface area contributed by atoms with E-state index >= 15 is 0 Å². The van der Waals surface area contributed by atoms with Crippen LogP contribution in [0.2, 0.25) is 0 Å². The zero-order chi connectivity index (χ0) is 59.2. The van der Waals surface area contributed by atoms with Crippen LogP contribution in [0.3, 0.4) is 0 Å². The van der Waals surface area contributed by atoms with Gasteiger partial charge in [0.15, 0.2) is 0 Å². The molecule has 0 aliphatic heterocycles. The van der Waals surface area contributed by atoms with E-state index in [0.717, 1.165) is 28.7 Å². The third-order valence-electron chi connectivity index (χ3n) is 20.6. The highest BCUT2D eigenvalue weighted by Gasteiger charge is 2.52. The lowest BCUT2D eigenvalue weighted by Crippen LogP contribution is -2.30. The van der Waals surface area contributed by atoms with Crippen molar-refractivity contribution in [2.75, 3.05) is 0 Å². The average Bonchev–Trinajstić information content (AvgIpc) is 1.51. The van der Waals surface area contributed by atoms with Crippen LogP contribution in [0.15, 0.2) is 334 Å². The summed E-state index contributed by atoms with van der Waals surface area (Å²) in [6, 6.07) is 112. The third-order valence-corrected chi connectivity index (χ3v) is 20.6. The van der Waals surface area contributed by atoms with E-state index < -0.39 is 10.8 Å². The van der Waals surface area contributed by atoms with Crippen LogP contribution < -0.4 is 0 Å². The summed E-state index contributed by atoms with van der Waals surface area (Å²) < 4.78 is 2.53. The fraction of sp³-hybridized carbons (Fsp3) is 0.0337. The lowest BCUT2D eigenvalue weighted by atomic mass is 9.65. The Balaban J connectivity index is 0.860. The molecule has 0 bridgehead atoms. The molecule has 0 amide bonds. The second-order valence-electron chi connectivity index (χ2n) is 24.9. The Bertz CT molecular complexity index is 5540. The van der Waals surface area contributed by atoms with Crippen molar-refractivity contribution in [1.29, 1.82) is 0 Å². The average molecular weight is 1140 g/mol. The number of aromatic nitrogens is 1. The van der Waals surface area contributed by atoms with E-state index in [2.05, 4.69) is 326 Å². The maximum atomic E-state index is 4.95. The molecule has 2 spiro atoms. The van der Waals surface area contributed by atoms with Gasteiger partial charge in [0, 0.05) is 16.5 Å². The van der Waals surface area contributed by atoms with Gasteiger partial charge >= 0.3 is 0 Å². The topological polar surface area (TPSA) is 4.93 Å². The fourth-order valence-corrected chi connectivity index (χ4v) is 17.0. The zero-order valence-corrected chi connectivity index (χ0v) is 49.5. The van der Waals surface area contributed by atoms with Crippen molar-refractivity contribution < 1.29 is 0 Å². The Morgan fingerprint density at radius 2 is 0.689 bits per heavy atom. The first kappa shape index (κ1) is 50.7. The van der Waals surface area contributed by atoms with Crippen LogP contribution in [0.5, 0.6) is 0 Å². The van der Waals surface area contributed by atoms with Crippen molar-refractivity contribution in [3.05, 3.63) is 378 Å². The zero-order valence-electron chi connectivity index (χ0n) is 49.5. The summed E-state index contributed by atoms with van der Waals surface area (Å²) in [5.74, 6) is 0. The standard InChI is InChI=1S/C89H57N/c1-56-23-5-2-6-24-57-41-42-62(53-82(57)88(56)77-36-18-13-29-65(77)66-30-14-19-37-78(66)88)60-44-49-84-74(51-60)75-52-61(63-43-47-70-69-33-17-22-40-81(69)89(83(70)54-63)79-38-20-15-31-67(79)68-32-16-21-39-80(68)89)45-50-85(75)90(84)64-46-48-73-76(55-64)87(59-27-9-4-10-28-59)72-35-12-11-34-71(72)86(73)58-25-7-3-8-26-58/h2-23,25-55H,1,24H2/b6-2-,23-5-. The molecule has 0 radical (unpaired) electrons. The Labute approximate surface area is 523 Å². The molecule has 0 fully saturated rings. The van der Waals surface area contributed by atoms with Gasteiger partial charge in [-0.3, -0.25) is 0 Å². The summed E-state index contributed by atoms with van der Waals surface area (Å²) in [6.07, 6.45) is 9.69. The summed E-state index contributed by atoms with van der Waals surface area (Å²) in [6.45, 7) is 4.95. The monoisotopic (exact) mass is 1140 g/mol. The van der Waals surface area contributed by atoms with Crippen molar-refractivity contribution >= 4 is 43.4 Å². The largest absolute Gasteiger partial charge is 0.309 e. The number of nitrogens with zero attached hydrogens (tertiary/aromatic N) is 1. The van der Waals surface area contributed by atoms with E-state index in [-0.39, 0.29) is 0 Å². The van der Waals surface area contributed by atoms with Crippen LogP contribution >= 0.6 is 0 Å². The predicted molar refractivity (Wildman–Crippen MR) is 377 cm³/mol. The maximum absolute atomic E-state index is 4.95. The van der Waals surface area contributed by atoms with Gasteiger partial charge in [-0.2, -0.15) is 0 Å². The van der Waals surface area contributed by atoms with Crippen molar-refractivity contribution in [1.82, 2.24) is 4.57 Å². The maximum Gasteiger partial charge on any atom is 0.0725 e. The highest BCUT2D eigenvalue weighted by molar-refractivity contribution is 6.22. The molecule has 0 atom stereocenters. The highest BCUT2D eigenvalue weighted by atomic mass is 15.0. The van der Waals surface area contributed by atoms with Crippen LogP contribution in [0.1, 0.15) is 44.5 Å². The van der Waals surface area contributed by atoms with Gasteiger partial charge in [0.1, 0.15) is 0 Å². The molecule has 14 aromatic carbocycles. The minimum absolute atomic E-state index is 0.448. The number of hydrogen-bond donors (Lipinski definition) is 0. The van der Waals surface area contributed by atoms with E-state index in [1.165, 1.54) is 155 Å². The highest BCUT2D eigenvalue weighted by Crippen LogP contribution is 2.64. The number of allylic oxidation sites excluding steroid dienone is 5. The smallest absolute Gasteiger partial charge is 0.0725 e. The molecule has 1 heterocycles. The molecule has 418 valence electrons. The van der Waals surface area contributed by atoms with Gasteiger partial charge in [-0.15, -0.1) is 0 Å². The number of benzene rings is 14. The van der Waals surface area contributed by atoms with Gasteiger partial charge in [-0.05, 0) is 204 Å². The van der Waals surface area contributed by atoms with Gasteiger partial charge in [0.2, 0.25) is 0 Å². The quantitative estimate of drug-likeness (QED) is 0.151. The number of hydrogen-bond acceptors (Lipinski definition) is 0. The van der Waals surface area contributed by atoms with Gasteiger partial charge in [-0.1, -0.05) is 280 Å². The minimum atomic E-state index is -0.588. The molecule has 1 aromatic heterocycles. The molecule has 1 heteroatoms. The van der Waals surface area contributed by atoms with E-state index in [1.807, 2.05) is 0 Å². The van der Waals surface area contributed by atoms with Gasteiger partial charge in [-0.25, -0.2) is 0 Å². The van der Waals surface area contributed by atoms with E-state index in [1.54, 1.807) is 0 Å². The van der Waals surface area contributed by atoms with Crippen LogP contribution in [-0.4, -0.2) is 4.57 Å². The molecular formula is C89H57N. The number of fused-ring (bicyclic) bond motifs is 22. The van der Waals surface area contributed by atoms with Crippen molar-refractivity contribution in [3.8, 4) is 83.6 Å². The second kappa shape index (κ2) is 19.3. The molecule has 19 rings (SSSR count). The first-order valence-electron chi connectivity index (χ1n) is 31.6. The molecule has 4 aliphatic carbocycles. The van der Waals surface area contributed by atoms with E-state index in [4.69, 9.17) is 6.58 Å². The van der Waals surface area contributed by atoms with E-state index in [0.29, 0.717) is 0 Å². The molecule has 0 unspecified atom stereocenters. The SMILES string of the molecule is C=C1/C=C\C=C/Cc2ccc(-c3ccc4c(c3)c3cc(-c5ccc6c(c5)C5(c7ccccc7-c7ccccc75)c5ccccc5-6)ccc3n4-c3ccc4c(-c5ccccc5)c5ccccc5c(-c5ccccc5)c4c3)cc2C12c1ccccc1-c1ccccc12. The van der Waals surface area contributed by atoms with Crippen LogP contribution in [0.4, 0.5) is 0 Å². The lowest BCUT2D eigenvalue weighted by molar-refractivity contribution is 0.760. The summed E-state index contributed by atoms with van der Waals surface area (Å²) in [5, 5.41) is 7.33. The third kappa shape index (κ3) is 6.92. The van der Waals surface area contributed by atoms with Crippen molar-refractivity contribution in [3.63, 3.8) is 0 Å². The Hall–Kier alpha value is -11.4. The molecule has 90 heavy (non-hydrogen) atoms. The van der Waals surface area contributed by atoms with Crippen LogP contribution in [-0.2, 0) is 17.3 Å². The molecule has 0 N–H and O–H groups in total. The van der Waals surface area contributed by atoms with E-state index in [9.17, 15) is 0 Å². The molecule has 0 saturated carbocycles. The molecular weight excluding hydrogens is 1080 g/mol. The van der Waals surface area contributed by atoms with Crippen molar-refractivity contribution in [2.24, 2.45) is 0 Å². The van der Waals surface area contributed by atoms with Gasteiger partial charge < -0.3 is 4.57 Å². The first-order chi connectivity index (χ1) is 44.6.